The van der Waals surface area contributed by atoms with Crippen molar-refractivity contribution in [2.75, 3.05) is 13.6 Å². The van der Waals surface area contributed by atoms with Crippen LogP contribution < -0.4 is 0 Å². The fraction of sp³-hybridized carbons (Fsp3) is 0.824. The van der Waals surface area contributed by atoms with Gasteiger partial charge in [-0.25, -0.2) is 4.98 Å². The molecule has 1 aliphatic rings. The fourth-order valence-electron chi connectivity index (χ4n) is 3.34. The topological polar surface area (TPSA) is 16.1 Å². The summed E-state index contributed by atoms with van der Waals surface area (Å²) in [7, 11) is 2.31. The monoisotopic (exact) mass is 328 g/mol. The van der Waals surface area contributed by atoms with Crippen LogP contribution in [0.15, 0.2) is 5.38 Å². The minimum absolute atomic E-state index is 0.541. The molecule has 0 atom stereocenters. The molecule has 0 amide bonds. The van der Waals surface area contributed by atoms with Crippen molar-refractivity contribution in [1.29, 1.82) is 0 Å². The molecule has 2 rings (SSSR count). The highest BCUT2D eigenvalue weighted by molar-refractivity contribution is 7.09. The second kappa shape index (κ2) is 9.12. The summed E-state index contributed by atoms with van der Waals surface area (Å²) in [5.74, 6) is 1.54. The largest absolute Gasteiger partial charge is 0.303 e. The first-order valence-corrected chi connectivity index (χ1v) is 9.83. The van der Waals surface area contributed by atoms with Crippen LogP contribution in [0, 0.1) is 5.92 Å². The number of aryl methyl sites for hydroxylation is 1. The zero-order chi connectivity index (χ0) is 15.1. The van der Waals surface area contributed by atoms with E-state index in [1.54, 1.807) is 11.3 Å². The lowest BCUT2D eigenvalue weighted by Crippen LogP contribution is -2.35. The molecule has 1 aromatic heterocycles. The zero-order valence-corrected chi connectivity index (χ0v) is 15.1. The first-order chi connectivity index (χ1) is 10.2. The summed E-state index contributed by atoms with van der Waals surface area (Å²) in [6, 6.07) is 0.829. The maximum Gasteiger partial charge on any atom is 0.0928 e. The molecule has 1 saturated carbocycles. The van der Waals surface area contributed by atoms with Crippen molar-refractivity contribution in [3.05, 3.63) is 16.1 Å². The smallest absolute Gasteiger partial charge is 0.0928 e. The molecule has 0 radical (unpaired) electrons. The first kappa shape index (κ1) is 17.2. The van der Waals surface area contributed by atoms with Crippen LogP contribution in [0.1, 0.15) is 62.6 Å². The van der Waals surface area contributed by atoms with E-state index in [0.29, 0.717) is 5.88 Å². The SMILES string of the molecule is CCC1CCC(N(C)CCCCc2nc(CCl)cs2)CC1. The maximum absolute atomic E-state index is 5.79. The summed E-state index contributed by atoms with van der Waals surface area (Å²) in [6.45, 7) is 3.57. The third-order valence-corrected chi connectivity index (χ3v) is 6.14. The molecule has 21 heavy (non-hydrogen) atoms. The Bertz CT molecular complexity index is 399. The van der Waals surface area contributed by atoms with Gasteiger partial charge in [-0.3, -0.25) is 0 Å². The number of hydrogen-bond donors (Lipinski definition) is 0. The molecular formula is C17H29ClN2S. The number of rotatable bonds is 8. The van der Waals surface area contributed by atoms with E-state index < -0.39 is 0 Å². The number of hydrogen-bond acceptors (Lipinski definition) is 3. The minimum Gasteiger partial charge on any atom is -0.303 e. The van der Waals surface area contributed by atoms with E-state index in [1.807, 2.05) is 0 Å². The van der Waals surface area contributed by atoms with Crippen LogP contribution in [0.25, 0.3) is 0 Å². The van der Waals surface area contributed by atoms with Gasteiger partial charge in [-0.15, -0.1) is 22.9 Å². The van der Waals surface area contributed by atoms with Gasteiger partial charge in [-0.1, -0.05) is 13.3 Å². The number of thiazole rings is 1. The molecule has 0 spiro atoms. The van der Waals surface area contributed by atoms with Gasteiger partial charge in [0, 0.05) is 11.4 Å². The molecule has 0 bridgehead atoms. The summed E-state index contributed by atoms with van der Waals surface area (Å²) in [5, 5.41) is 3.33. The van der Waals surface area contributed by atoms with E-state index >= 15 is 0 Å². The van der Waals surface area contributed by atoms with Crippen molar-refractivity contribution in [2.24, 2.45) is 5.92 Å². The molecule has 0 aliphatic heterocycles. The quantitative estimate of drug-likeness (QED) is 0.487. The van der Waals surface area contributed by atoms with Crippen molar-refractivity contribution >= 4 is 22.9 Å². The van der Waals surface area contributed by atoms with Crippen LogP contribution in [-0.2, 0) is 12.3 Å². The minimum atomic E-state index is 0.541. The van der Waals surface area contributed by atoms with Crippen LogP contribution in [-0.4, -0.2) is 29.5 Å². The average Bonchev–Trinajstić information content (AvgIpc) is 2.99. The van der Waals surface area contributed by atoms with E-state index in [4.69, 9.17) is 11.6 Å². The second-order valence-electron chi connectivity index (χ2n) is 6.39. The molecule has 120 valence electrons. The molecule has 0 N–H and O–H groups in total. The molecule has 4 heteroatoms. The summed E-state index contributed by atoms with van der Waals surface area (Å²) in [4.78, 5) is 7.12. The lowest BCUT2D eigenvalue weighted by atomic mass is 9.84. The Kier molecular flexibility index (Phi) is 7.48. The molecule has 2 nitrogen and oxygen atoms in total. The van der Waals surface area contributed by atoms with Crippen LogP contribution in [0.5, 0.6) is 0 Å². The Morgan fingerprint density at radius 2 is 2.05 bits per heavy atom. The van der Waals surface area contributed by atoms with Gasteiger partial charge in [0.25, 0.3) is 0 Å². The Morgan fingerprint density at radius 3 is 2.67 bits per heavy atom. The maximum atomic E-state index is 5.79. The lowest BCUT2D eigenvalue weighted by molar-refractivity contribution is 0.161. The lowest BCUT2D eigenvalue weighted by Gasteiger charge is -2.34. The van der Waals surface area contributed by atoms with Gasteiger partial charge in [0.15, 0.2) is 0 Å². The molecule has 1 fully saturated rings. The van der Waals surface area contributed by atoms with Crippen LogP contribution in [0.4, 0.5) is 0 Å². The van der Waals surface area contributed by atoms with Crippen molar-refractivity contribution < 1.29 is 0 Å². The molecule has 1 aliphatic carbocycles. The second-order valence-corrected chi connectivity index (χ2v) is 7.60. The predicted octanol–water partition coefficient (Wildman–Crippen LogP) is 5.11. The third kappa shape index (κ3) is 5.54. The van der Waals surface area contributed by atoms with E-state index in [0.717, 1.165) is 24.1 Å². The normalized spacial score (nSPS) is 22.9. The predicted molar refractivity (Wildman–Crippen MR) is 93.3 cm³/mol. The molecular weight excluding hydrogens is 300 g/mol. The Hall–Kier alpha value is -0.120. The van der Waals surface area contributed by atoms with E-state index in [2.05, 4.69) is 29.2 Å². The Morgan fingerprint density at radius 1 is 1.29 bits per heavy atom. The number of alkyl halides is 1. The molecule has 0 aromatic carbocycles. The number of unbranched alkanes of at least 4 members (excludes halogenated alkanes) is 1. The van der Waals surface area contributed by atoms with Crippen molar-refractivity contribution in [3.63, 3.8) is 0 Å². The Balaban J connectivity index is 1.60. The molecule has 1 heterocycles. The fourth-order valence-corrected chi connectivity index (χ4v) is 4.41. The van der Waals surface area contributed by atoms with Gasteiger partial charge in [-0.2, -0.15) is 0 Å². The molecule has 1 aromatic rings. The number of nitrogens with zero attached hydrogens (tertiary/aromatic N) is 2. The molecule has 0 saturated heterocycles. The summed E-state index contributed by atoms with van der Waals surface area (Å²) < 4.78 is 0. The highest BCUT2D eigenvalue weighted by Crippen LogP contribution is 2.29. The molecule has 0 unspecified atom stereocenters. The summed E-state index contributed by atoms with van der Waals surface area (Å²) in [5.41, 5.74) is 1.03. The zero-order valence-electron chi connectivity index (χ0n) is 13.5. The van der Waals surface area contributed by atoms with Crippen molar-refractivity contribution in [3.8, 4) is 0 Å². The van der Waals surface area contributed by atoms with Gasteiger partial charge in [0.05, 0.1) is 16.6 Å². The van der Waals surface area contributed by atoms with Gasteiger partial charge in [0.1, 0.15) is 0 Å². The summed E-state index contributed by atoms with van der Waals surface area (Å²) in [6.07, 6.45) is 10.7. The van der Waals surface area contributed by atoms with E-state index in [1.165, 1.54) is 56.5 Å². The van der Waals surface area contributed by atoms with Crippen LogP contribution in [0.3, 0.4) is 0 Å². The van der Waals surface area contributed by atoms with Crippen LogP contribution >= 0.6 is 22.9 Å². The Labute approximate surface area is 138 Å². The summed E-state index contributed by atoms with van der Waals surface area (Å²) >= 11 is 7.54. The van der Waals surface area contributed by atoms with Crippen molar-refractivity contribution in [2.45, 2.75) is 70.2 Å². The van der Waals surface area contributed by atoms with Crippen molar-refractivity contribution in [1.82, 2.24) is 9.88 Å². The third-order valence-electron chi connectivity index (χ3n) is 4.90. The van der Waals surface area contributed by atoms with Crippen LogP contribution in [0.2, 0.25) is 0 Å². The first-order valence-electron chi connectivity index (χ1n) is 8.42. The van der Waals surface area contributed by atoms with Gasteiger partial charge >= 0.3 is 0 Å². The standard InChI is InChI=1S/C17H29ClN2S/c1-3-14-7-9-16(10-8-14)20(2)11-5-4-6-17-19-15(12-18)13-21-17/h13-14,16H,3-12H2,1-2H3. The van der Waals surface area contributed by atoms with Gasteiger partial charge in [0.2, 0.25) is 0 Å². The highest BCUT2D eigenvalue weighted by atomic mass is 35.5. The highest BCUT2D eigenvalue weighted by Gasteiger charge is 2.22. The van der Waals surface area contributed by atoms with Gasteiger partial charge < -0.3 is 4.90 Å². The number of halogens is 1. The van der Waals surface area contributed by atoms with E-state index in [9.17, 15) is 0 Å². The number of aromatic nitrogens is 1. The average molecular weight is 329 g/mol. The van der Waals surface area contributed by atoms with Gasteiger partial charge in [-0.05, 0) is 64.5 Å². The van der Waals surface area contributed by atoms with E-state index in [-0.39, 0.29) is 0 Å².